The Morgan fingerprint density at radius 1 is 1.04 bits per heavy atom. The lowest BCUT2D eigenvalue weighted by Gasteiger charge is -2.13. The van der Waals surface area contributed by atoms with Gasteiger partial charge in [-0.2, -0.15) is 0 Å². The molecular formula is C20H23NO3. The molecule has 0 radical (unpaired) electrons. The number of ether oxygens (including phenoxy) is 1. The fourth-order valence-electron chi connectivity index (χ4n) is 2.52. The van der Waals surface area contributed by atoms with E-state index >= 15 is 0 Å². The summed E-state index contributed by atoms with van der Waals surface area (Å²) in [6.07, 6.45) is 0. The Balaban J connectivity index is 1.79. The minimum atomic E-state index is -0.479. The smallest absolute Gasteiger partial charge is 0.338 e. The molecule has 24 heavy (non-hydrogen) atoms. The maximum absolute atomic E-state index is 12.0. The molecule has 0 bridgehead atoms. The second-order valence-electron chi connectivity index (χ2n) is 6.07. The molecule has 0 saturated heterocycles. The van der Waals surface area contributed by atoms with Gasteiger partial charge in [-0.15, -0.1) is 0 Å². The van der Waals surface area contributed by atoms with E-state index in [0.29, 0.717) is 12.1 Å². The summed E-state index contributed by atoms with van der Waals surface area (Å²) < 4.78 is 5.09. The fraction of sp³-hybridized carbons (Fsp3) is 0.300. The molecule has 0 aromatic heterocycles. The Bertz CT molecular complexity index is 690. The van der Waals surface area contributed by atoms with E-state index in [0.717, 1.165) is 16.7 Å². The first-order chi connectivity index (χ1) is 11.5. The van der Waals surface area contributed by atoms with Crippen LogP contribution >= 0.6 is 0 Å². The largest absolute Gasteiger partial charge is 0.452 e. The van der Waals surface area contributed by atoms with Crippen LogP contribution in [0.15, 0.2) is 48.5 Å². The number of esters is 1. The SMILES string of the molecule is Cc1cc(C)cc(C(=O)OCC(=O)NC[C@H](C)c2ccccc2)c1. The molecule has 1 N–H and O–H groups in total. The van der Waals surface area contributed by atoms with Crippen molar-refractivity contribution in [2.24, 2.45) is 0 Å². The average Bonchev–Trinajstić information content (AvgIpc) is 2.57. The molecule has 2 rings (SSSR count). The van der Waals surface area contributed by atoms with Crippen molar-refractivity contribution in [2.45, 2.75) is 26.7 Å². The zero-order valence-electron chi connectivity index (χ0n) is 14.3. The van der Waals surface area contributed by atoms with Crippen LogP contribution < -0.4 is 5.32 Å². The van der Waals surface area contributed by atoms with Crippen LogP contribution in [0.4, 0.5) is 0 Å². The Hall–Kier alpha value is -2.62. The Morgan fingerprint density at radius 2 is 1.67 bits per heavy atom. The number of nitrogens with one attached hydrogen (secondary N) is 1. The minimum absolute atomic E-state index is 0.199. The Morgan fingerprint density at radius 3 is 2.29 bits per heavy atom. The van der Waals surface area contributed by atoms with Crippen molar-refractivity contribution < 1.29 is 14.3 Å². The molecule has 0 unspecified atom stereocenters. The monoisotopic (exact) mass is 325 g/mol. The van der Waals surface area contributed by atoms with E-state index in [1.54, 1.807) is 12.1 Å². The van der Waals surface area contributed by atoms with Crippen LogP contribution in [0.1, 0.15) is 39.9 Å². The van der Waals surface area contributed by atoms with Crippen molar-refractivity contribution in [2.75, 3.05) is 13.2 Å². The molecule has 0 heterocycles. The first kappa shape index (κ1) is 17.7. The van der Waals surface area contributed by atoms with E-state index in [2.05, 4.69) is 5.32 Å². The number of benzene rings is 2. The van der Waals surface area contributed by atoms with Gasteiger partial charge in [0.05, 0.1) is 5.56 Å². The number of amides is 1. The van der Waals surface area contributed by atoms with E-state index < -0.39 is 5.97 Å². The summed E-state index contributed by atoms with van der Waals surface area (Å²) in [6, 6.07) is 15.4. The third-order valence-electron chi connectivity index (χ3n) is 3.77. The fourth-order valence-corrected chi connectivity index (χ4v) is 2.52. The summed E-state index contributed by atoms with van der Waals surface area (Å²) in [6.45, 7) is 6.11. The van der Waals surface area contributed by atoms with Gasteiger partial charge < -0.3 is 10.1 Å². The van der Waals surface area contributed by atoms with Crippen LogP contribution in [0.5, 0.6) is 0 Å². The van der Waals surface area contributed by atoms with Crippen molar-refractivity contribution >= 4 is 11.9 Å². The van der Waals surface area contributed by atoms with Crippen LogP contribution in [0.25, 0.3) is 0 Å². The predicted octanol–water partition coefficient (Wildman–Crippen LogP) is 3.38. The summed E-state index contributed by atoms with van der Waals surface area (Å²) in [5.41, 5.74) is 3.61. The highest BCUT2D eigenvalue weighted by Crippen LogP contribution is 2.13. The lowest BCUT2D eigenvalue weighted by atomic mass is 10.0. The van der Waals surface area contributed by atoms with Crippen molar-refractivity contribution in [3.63, 3.8) is 0 Å². The van der Waals surface area contributed by atoms with Crippen LogP contribution in [0, 0.1) is 13.8 Å². The summed E-state index contributed by atoms with van der Waals surface area (Å²) in [5, 5.41) is 2.79. The van der Waals surface area contributed by atoms with Gasteiger partial charge in [0.25, 0.3) is 5.91 Å². The van der Waals surface area contributed by atoms with Gasteiger partial charge in [-0.05, 0) is 37.5 Å². The molecule has 126 valence electrons. The Kier molecular flexibility index (Phi) is 6.13. The van der Waals surface area contributed by atoms with Crippen LogP contribution in [-0.4, -0.2) is 25.0 Å². The molecule has 1 amide bonds. The quantitative estimate of drug-likeness (QED) is 0.828. The topological polar surface area (TPSA) is 55.4 Å². The van der Waals surface area contributed by atoms with Crippen molar-refractivity contribution in [1.82, 2.24) is 5.32 Å². The van der Waals surface area contributed by atoms with Crippen molar-refractivity contribution in [1.29, 1.82) is 0 Å². The molecule has 4 heteroatoms. The van der Waals surface area contributed by atoms with E-state index in [4.69, 9.17) is 4.74 Å². The van der Waals surface area contributed by atoms with Gasteiger partial charge in [0.15, 0.2) is 6.61 Å². The average molecular weight is 325 g/mol. The highest BCUT2D eigenvalue weighted by atomic mass is 16.5. The molecule has 0 saturated carbocycles. The highest BCUT2D eigenvalue weighted by molar-refractivity contribution is 5.91. The van der Waals surface area contributed by atoms with Gasteiger partial charge in [0.2, 0.25) is 0 Å². The lowest BCUT2D eigenvalue weighted by Crippen LogP contribution is -2.31. The standard InChI is InChI=1S/C20H23NO3/c1-14-9-15(2)11-18(10-14)20(23)24-13-19(22)21-12-16(3)17-7-5-4-6-8-17/h4-11,16H,12-13H2,1-3H3,(H,21,22)/t16-/m0/s1. The number of rotatable bonds is 6. The van der Waals surface area contributed by atoms with E-state index in [1.165, 1.54) is 0 Å². The highest BCUT2D eigenvalue weighted by Gasteiger charge is 2.12. The summed E-state index contributed by atoms with van der Waals surface area (Å²) in [5.74, 6) is -0.575. The molecule has 0 aliphatic rings. The molecule has 0 fully saturated rings. The molecule has 2 aromatic rings. The van der Waals surface area contributed by atoms with Gasteiger partial charge >= 0.3 is 5.97 Å². The predicted molar refractivity (Wildman–Crippen MR) is 94.1 cm³/mol. The van der Waals surface area contributed by atoms with Gasteiger partial charge in [-0.25, -0.2) is 4.79 Å². The van der Waals surface area contributed by atoms with Gasteiger partial charge in [-0.3, -0.25) is 4.79 Å². The third kappa shape index (κ3) is 5.23. The summed E-state index contributed by atoms with van der Waals surface area (Å²) in [4.78, 5) is 23.9. The van der Waals surface area contributed by atoms with E-state index in [-0.39, 0.29) is 18.4 Å². The van der Waals surface area contributed by atoms with Gasteiger partial charge in [0, 0.05) is 6.54 Å². The van der Waals surface area contributed by atoms with Crippen LogP contribution in [0.2, 0.25) is 0 Å². The molecule has 0 spiro atoms. The van der Waals surface area contributed by atoms with Crippen molar-refractivity contribution in [3.05, 3.63) is 70.8 Å². The van der Waals surface area contributed by atoms with E-state index in [1.807, 2.05) is 57.2 Å². The molecular weight excluding hydrogens is 302 g/mol. The minimum Gasteiger partial charge on any atom is -0.452 e. The number of aryl methyl sites for hydroxylation is 2. The molecule has 0 aliphatic heterocycles. The van der Waals surface area contributed by atoms with Gasteiger partial charge in [-0.1, -0.05) is 54.4 Å². The first-order valence-corrected chi connectivity index (χ1v) is 8.03. The third-order valence-corrected chi connectivity index (χ3v) is 3.77. The molecule has 2 aromatic carbocycles. The van der Waals surface area contributed by atoms with Crippen LogP contribution in [0.3, 0.4) is 0 Å². The Labute approximate surface area is 142 Å². The maximum Gasteiger partial charge on any atom is 0.338 e. The zero-order chi connectivity index (χ0) is 17.5. The second-order valence-corrected chi connectivity index (χ2v) is 6.07. The van der Waals surface area contributed by atoms with Gasteiger partial charge in [0.1, 0.15) is 0 Å². The summed E-state index contributed by atoms with van der Waals surface area (Å²) >= 11 is 0. The zero-order valence-corrected chi connectivity index (χ0v) is 14.3. The first-order valence-electron chi connectivity index (χ1n) is 8.03. The molecule has 4 nitrogen and oxygen atoms in total. The number of hydrogen-bond acceptors (Lipinski definition) is 3. The van der Waals surface area contributed by atoms with Crippen molar-refractivity contribution in [3.8, 4) is 0 Å². The summed E-state index contributed by atoms with van der Waals surface area (Å²) in [7, 11) is 0. The lowest BCUT2D eigenvalue weighted by molar-refractivity contribution is -0.124. The molecule has 0 aliphatic carbocycles. The molecule has 1 atom stereocenters. The number of hydrogen-bond donors (Lipinski definition) is 1. The second kappa shape index (κ2) is 8.29. The van der Waals surface area contributed by atoms with E-state index in [9.17, 15) is 9.59 Å². The number of carbonyl (C=O) groups is 2. The normalized spacial score (nSPS) is 11.6. The number of carbonyl (C=O) groups excluding carboxylic acids is 2. The van der Waals surface area contributed by atoms with Crippen LogP contribution in [-0.2, 0) is 9.53 Å². The maximum atomic E-state index is 12.0.